The van der Waals surface area contributed by atoms with E-state index in [9.17, 15) is 18.4 Å². The molecule has 190 valence electrons. The second-order valence-electron chi connectivity index (χ2n) is 7.97. The molecule has 0 fully saturated rings. The second-order valence-corrected chi connectivity index (χ2v) is 7.97. The Hall–Kier alpha value is -3.76. The summed E-state index contributed by atoms with van der Waals surface area (Å²) in [4.78, 5) is 26.5. The van der Waals surface area contributed by atoms with Crippen molar-refractivity contribution < 1.29 is 37.3 Å². The molecule has 0 saturated carbocycles. The molecule has 2 heterocycles. The van der Waals surface area contributed by atoms with Crippen LogP contribution in [0.2, 0.25) is 0 Å². The highest BCUT2D eigenvalue weighted by Crippen LogP contribution is 2.35. The predicted octanol–water partition coefficient (Wildman–Crippen LogP) is 4.56. The van der Waals surface area contributed by atoms with Crippen molar-refractivity contribution in [3.63, 3.8) is 0 Å². The standard InChI is InChI=1S/C26H26F2N2O6/c1-4-35-26(32)23-24(19-8-7-18(28)15-21(19)30(23)10-12-34-3)36-25(31)22-13-16-5-6-17(27)14-20(16)29(22)9-11-33-2/h5-8,13-15H,4,9-12H2,1-3H3. The summed E-state index contributed by atoms with van der Waals surface area (Å²) >= 11 is 0. The third-order valence-electron chi connectivity index (χ3n) is 5.76. The molecular weight excluding hydrogens is 474 g/mol. The van der Waals surface area contributed by atoms with Crippen molar-refractivity contribution in [2.75, 3.05) is 34.0 Å². The summed E-state index contributed by atoms with van der Waals surface area (Å²) in [5.41, 5.74) is 0.949. The Balaban J connectivity index is 1.86. The molecule has 0 bridgehead atoms. The summed E-state index contributed by atoms with van der Waals surface area (Å²) in [6, 6.07) is 9.68. The molecule has 0 unspecified atom stereocenters. The van der Waals surface area contributed by atoms with Crippen LogP contribution >= 0.6 is 0 Å². The summed E-state index contributed by atoms with van der Waals surface area (Å²) in [6.45, 7) is 2.68. The van der Waals surface area contributed by atoms with Gasteiger partial charge in [0.1, 0.15) is 17.3 Å². The quantitative estimate of drug-likeness (QED) is 0.297. The fourth-order valence-corrected chi connectivity index (χ4v) is 4.18. The molecule has 4 aromatic rings. The highest BCUT2D eigenvalue weighted by atomic mass is 19.1. The molecule has 0 N–H and O–H groups in total. The Labute approximate surface area is 205 Å². The van der Waals surface area contributed by atoms with Gasteiger partial charge in [-0.15, -0.1) is 0 Å². The molecular formula is C26H26F2N2O6. The molecule has 0 saturated heterocycles. The van der Waals surface area contributed by atoms with E-state index in [0.717, 1.165) is 0 Å². The van der Waals surface area contributed by atoms with E-state index in [1.165, 1.54) is 49.1 Å². The molecule has 0 aliphatic heterocycles. The molecule has 0 aliphatic carbocycles. The largest absolute Gasteiger partial charge is 0.461 e. The lowest BCUT2D eigenvalue weighted by Crippen LogP contribution is -2.19. The number of esters is 2. The van der Waals surface area contributed by atoms with Crippen molar-refractivity contribution in [1.29, 1.82) is 0 Å². The molecule has 0 spiro atoms. The predicted molar refractivity (Wildman–Crippen MR) is 128 cm³/mol. The van der Waals surface area contributed by atoms with Gasteiger partial charge in [0.15, 0.2) is 11.4 Å². The first-order valence-corrected chi connectivity index (χ1v) is 11.4. The molecule has 0 radical (unpaired) electrons. The summed E-state index contributed by atoms with van der Waals surface area (Å²) in [7, 11) is 3.02. The highest BCUT2D eigenvalue weighted by molar-refractivity contribution is 6.05. The van der Waals surface area contributed by atoms with Crippen molar-refractivity contribution in [3.05, 3.63) is 65.5 Å². The van der Waals surface area contributed by atoms with Gasteiger partial charge >= 0.3 is 11.9 Å². The van der Waals surface area contributed by atoms with Crippen LogP contribution < -0.4 is 4.74 Å². The zero-order valence-corrected chi connectivity index (χ0v) is 20.2. The highest BCUT2D eigenvalue weighted by Gasteiger charge is 2.29. The minimum absolute atomic E-state index is 0.0338. The lowest BCUT2D eigenvalue weighted by atomic mass is 10.2. The number of hydrogen-bond donors (Lipinski definition) is 0. The number of aromatic nitrogens is 2. The molecule has 36 heavy (non-hydrogen) atoms. The molecule has 0 amide bonds. The van der Waals surface area contributed by atoms with Crippen molar-refractivity contribution in [3.8, 4) is 5.75 Å². The van der Waals surface area contributed by atoms with Gasteiger partial charge in [-0.05, 0) is 49.4 Å². The van der Waals surface area contributed by atoms with Gasteiger partial charge in [-0.3, -0.25) is 0 Å². The maximum Gasteiger partial charge on any atom is 0.360 e. The third-order valence-corrected chi connectivity index (χ3v) is 5.76. The van der Waals surface area contributed by atoms with Gasteiger partial charge in [0.25, 0.3) is 0 Å². The zero-order valence-electron chi connectivity index (χ0n) is 20.2. The fourth-order valence-electron chi connectivity index (χ4n) is 4.18. The Kier molecular flexibility index (Phi) is 7.66. The number of ether oxygens (including phenoxy) is 4. The van der Waals surface area contributed by atoms with Crippen LogP contribution in [0.1, 0.15) is 27.9 Å². The van der Waals surface area contributed by atoms with Crippen molar-refractivity contribution in [2.24, 2.45) is 0 Å². The molecule has 10 heteroatoms. The minimum atomic E-state index is -0.775. The minimum Gasteiger partial charge on any atom is -0.461 e. The smallest absolute Gasteiger partial charge is 0.360 e. The van der Waals surface area contributed by atoms with Gasteiger partial charge in [0.2, 0.25) is 0 Å². The van der Waals surface area contributed by atoms with Crippen molar-refractivity contribution >= 4 is 33.7 Å². The Morgan fingerprint density at radius 3 is 2.14 bits per heavy atom. The third kappa shape index (κ3) is 4.82. The number of carbonyl (C=O) groups is 2. The number of nitrogens with zero attached hydrogens (tertiary/aromatic N) is 2. The lowest BCUT2D eigenvalue weighted by Gasteiger charge is -2.12. The summed E-state index contributed by atoms with van der Waals surface area (Å²) in [5, 5.41) is 0.990. The van der Waals surface area contributed by atoms with E-state index in [1.807, 2.05) is 0 Å². The summed E-state index contributed by atoms with van der Waals surface area (Å²) in [6.07, 6.45) is 0. The van der Waals surface area contributed by atoms with Crippen LogP contribution in [0.25, 0.3) is 21.8 Å². The van der Waals surface area contributed by atoms with Gasteiger partial charge in [-0.2, -0.15) is 0 Å². The van der Waals surface area contributed by atoms with E-state index < -0.39 is 23.6 Å². The monoisotopic (exact) mass is 500 g/mol. The van der Waals surface area contributed by atoms with Crippen molar-refractivity contribution in [2.45, 2.75) is 20.0 Å². The van der Waals surface area contributed by atoms with E-state index in [0.29, 0.717) is 21.8 Å². The van der Waals surface area contributed by atoms with Crippen LogP contribution in [0, 0.1) is 11.6 Å². The maximum absolute atomic E-state index is 14.2. The van der Waals surface area contributed by atoms with Crippen LogP contribution in [-0.2, 0) is 27.3 Å². The fraction of sp³-hybridized carbons (Fsp3) is 0.308. The number of halogens is 2. The normalized spacial score (nSPS) is 11.4. The average Bonchev–Trinajstić information content (AvgIpc) is 3.36. The number of methoxy groups -OCH3 is 2. The Bertz CT molecular complexity index is 1430. The van der Waals surface area contributed by atoms with Gasteiger partial charge in [0.05, 0.1) is 30.9 Å². The van der Waals surface area contributed by atoms with E-state index in [4.69, 9.17) is 18.9 Å². The first-order valence-electron chi connectivity index (χ1n) is 11.4. The lowest BCUT2D eigenvalue weighted by molar-refractivity contribution is 0.0506. The zero-order chi connectivity index (χ0) is 25.8. The molecule has 2 aromatic heterocycles. The Morgan fingerprint density at radius 2 is 1.47 bits per heavy atom. The van der Waals surface area contributed by atoms with E-state index >= 15 is 0 Å². The van der Waals surface area contributed by atoms with Crippen LogP contribution in [0.4, 0.5) is 8.78 Å². The number of benzene rings is 2. The Morgan fingerprint density at radius 1 is 0.833 bits per heavy atom. The van der Waals surface area contributed by atoms with Gasteiger partial charge < -0.3 is 28.1 Å². The molecule has 2 aromatic carbocycles. The first kappa shape index (κ1) is 25.3. The van der Waals surface area contributed by atoms with Crippen LogP contribution in [0.15, 0.2) is 42.5 Å². The second kappa shape index (κ2) is 10.9. The SMILES string of the molecule is CCOC(=O)c1c(OC(=O)c2cc3ccc(F)cc3n2CCOC)c2ccc(F)cc2n1CCOC. The van der Waals surface area contributed by atoms with E-state index in [2.05, 4.69) is 0 Å². The van der Waals surface area contributed by atoms with E-state index in [1.54, 1.807) is 23.6 Å². The molecule has 4 rings (SSSR count). The topological polar surface area (TPSA) is 80.9 Å². The maximum atomic E-state index is 14.2. The number of hydrogen-bond acceptors (Lipinski definition) is 6. The van der Waals surface area contributed by atoms with Crippen LogP contribution in [0.3, 0.4) is 0 Å². The summed E-state index contributed by atoms with van der Waals surface area (Å²) in [5.74, 6) is -2.53. The van der Waals surface area contributed by atoms with Gasteiger partial charge in [0, 0.05) is 38.1 Å². The van der Waals surface area contributed by atoms with Gasteiger partial charge in [-0.25, -0.2) is 18.4 Å². The van der Waals surface area contributed by atoms with Gasteiger partial charge in [-0.1, -0.05) is 0 Å². The number of carbonyl (C=O) groups excluding carboxylic acids is 2. The molecule has 0 aliphatic rings. The van der Waals surface area contributed by atoms with Crippen LogP contribution in [-0.4, -0.2) is 55.1 Å². The van der Waals surface area contributed by atoms with E-state index in [-0.39, 0.29) is 50.0 Å². The summed E-state index contributed by atoms with van der Waals surface area (Å²) < 4.78 is 52.6. The molecule has 8 nitrogen and oxygen atoms in total. The number of fused-ring (bicyclic) bond motifs is 2. The van der Waals surface area contributed by atoms with Crippen molar-refractivity contribution in [1.82, 2.24) is 9.13 Å². The first-order chi connectivity index (χ1) is 17.4. The molecule has 0 atom stereocenters. The van der Waals surface area contributed by atoms with Crippen LogP contribution in [0.5, 0.6) is 5.75 Å². The average molecular weight is 500 g/mol. The number of rotatable bonds is 10.